The molecule has 0 aliphatic carbocycles. The van der Waals surface area contributed by atoms with E-state index in [4.69, 9.17) is 23.7 Å². The van der Waals surface area contributed by atoms with Crippen LogP contribution in [0.3, 0.4) is 0 Å². The summed E-state index contributed by atoms with van der Waals surface area (Å²) in [6.45, 7) is -3.33. The molecule has 4 saturated heterocycles. The first-order valence-electron chi connectivity index (χ1n) is 11.4. The van der Waals surface area contributed by atoms with E-state index in [0.29, 0.717) is 0 Å². The molecule has 11 N–H and O–H groups in total. The van der Waals surface area contributed by atoms with E-state index in [2.05, 4.69) is 8.37 Å². The van der Waals surface area contributed by atoms with Crippen molar-refractivity contribution in [1.82, 2.24) is 0 Å². The zero-order valence-electron chi connectivity index (χ0n) is 19.6. The van der Waals surface area contributed by atoms with Crippen molar-refractivity contribution in [2.24, 2.45) is 0 Å². The second-order valence-corrected chi connectivity index (χ2v) is 10.4. The molecule has 39 heavy (non-hydrogen) atoms. The Hall–Kier alpha value is -0.770. The van der Waals surface area contributed by atoms with Gasteiger partial charge in [-0.05, 0) is 0 Å². The normalized spacial score (nSPS) is 53.9. The highest BCUT2D eigenvalue weighted by atomic mass is 32.3. The summed E-state index contributed by atoms with van der Waals surface area (Å²) in [5.74, 6) is -6.28. The van der Waals surface area contributed by atoms with Gasteiger partial charge in [0.25, 0.3) is 0 Å². The van der Waals surface area contributed by atoms with Crippen LogP contribution in [0.15, 0.2) is 0 Å². The van der Waals surface area contributed by atoms with E-state index < -0.39 is 122 Å². The van der Waals surface area contributed by atoms with Gasteiger partial charge in [0.2, 0.25) is 5.79 Å². The average molecular weight is 598 g/mol. The van der Waals surface area contributed by atoms with E-state index in [9.17, 15) is 64.6 Å². The number of aliphatic hydroxyl groups excluding tert-OH is 11. The molecule has 15 atom stereocenters. The van der Waals surface area contributed by atoms with Crippen LogP contribution in [0.2, 0.25) is 0 Å². The van der Waals surface area contributed by atoms with Gasteiger partial charge < -0.3 is 75.1 Å². The second-order valence-electron chi connectivity index (χ2n) is 9.25. The summed E-state index contributed by atoms with van der Waals surface area (Å²) < 4.78 is 59.6. The molecule has 4 fully saturated rings. The maximum Gasteiger partial charge on any atom is 0.407 e. The van der Waals surface area contributed by atoms with Crippen molar-refractivity contribution in [3.63, 3.8) is 0 Å². The maximum absolute atomic E-state index is 12.3. The number of aliphatic hydroxyl groups is 11. The van der Waals surface area contributed by atoms with Crippen LogP contribution in [0.4, 0.5) is 0 Å². The smallest absolute Gasteiger partial charge is 0.394 e. The molecule has 2 bridgehead atoms. The van der Waals surface area contributed by atoms with Crippen molar-refractivity contribution in [3.05, 3.63) is 0 Å². The Morgan fingerprint density at radius 1 is 0.692 bits per heavy atom. The van der Waals surface area contributed by atoms with Gasteiger partial charge in [0.05, 0.1) is 13.2 Å². The minimum absolute atomic E-state index is 0.849. The van der Waals surface area contributed by atoms with Gasteiger partial charge in [-0.2, -0.15) is 12.6 Å². The number of fused-ring (bicyclic) bond motifs is 2. The Kier molecular flexibility index (Phi) is 8.90. The van der Waals surface area contributed by atoms with Crippen LogP contribution in [0, 0.1) is 0 Å². The second kappa shape index (κ2) is 11.1. The van der Waals surface area contributed by atoms with Gasteiger partial charge >= 0.3 is 16.4 Å². The summed E-state index contributed by atoms with van der Waals surface area (Å²) in [5, 5.41) is 111. The van der Waals surface area contributed by atoms with Crippen LogP contribution in [0.25, 0.3) is 0 Å². The summed E-state index contributed by atoms with van der Waals surface area (Å²) >= 11 is 0. The van der Waals surface area contributed by atoms with Crippen LogP contribution in [-0.4, -0.2) is 176 Å². The van der Waals surface area contributed by atoms with Gasteiger partial charge in [-0.15, -0.1) is 0 Å². The van der Waals surface area contributed by atoms with E-state index in [1.165, 1.54) is 0 Å². The number of hydrogen-bond acceptors (Lipinski definition) is 20. The standard InChI is InChI=1S/C18H30O20S/c19-1-4-11(6(22)8(24)15(29)32-4)34-16-9(25)7(23)12(5(2-20)33-16)35-18-14(28)10(26)13(27)17(3-21,36-18)37-39(30,31)38-18/h4-16,19-29H,1-3H2/t4-,5-,6-,7-,8-,9-,10+,11-,12-,13+,14-,15+,16?,17-,18?/m1/s1. The third-order valence-corrected chi connectivity index (χ3v) is 7.63. The fourth-order valence-electron chi connectivity index (χ4n) is 4.62. The first-order valence-corrected chi connectivity index (χ1v) is 12.8. The SMILES string of the molecule is O=S1(=O)OC2(O[C@H]3[C@H](O)[C@@H](O)C(O[C@H]4[C@H](O)[C@@H](O)[C@@H](O)O[C@@H]4CO)O[C@@H]3CO)O[C@](CO)(O1)[C@@H](O)[C@H](O)[C@H]2O. The Bertz CT molecular complexity index is 964. The Labute approximate surface area is 218 Å². The molecule has 0 aromatic rings. The summed E-state index contributed by atoms with van der Waals surface area (Å²) in [5.41, 5.74) is 0. The fraction of sp³-hybridized carbons (Fsp3) is 1.00. The molecule has 4 aliphatic rings. The third kappa shape index (κ3) is 5.32. The zero-order chi connectivity index (χ0) is 29.1. The van der Waals surface area contributed by atoms with Gasteiger partial charge in [0.1, 0.15) is 67.6 Å². The van der Waals surface area contributed by atoms with Crippen LogP contribution in [-0.2, 0) is 42.4 Å². The van der Waals surface area contributed by atoms with Crippen LogP contribution in [0.5, 0.6) is 0 Å². The van der Waals surface area contributed by atoms with Crippen LogP contribution >= 0.6 is 0 Å². The van der Waals surface area contributed by atoms with E-state index in [1.54, 1.807) is 0 Å². The molecule has 20 nitrogen and oxygen atoms in total. The molecule has 21 heteroatoms. The number of ether oxygens (including phenoxy) is 5. The third-order valence-electron chi connectivity index (χ3n) is 6.71. The minimum atomic E-state index is -5.24. The molecule has 0 radical (unpaired) electrons. The monoisotopic (exact) mass is 598 g/mol. The molecule has 0 amide bonds. The largest absolute Gasteiger partial charge is 0.407 e. The Morgan fingerprint density at radius 3 is 1.87 bits per heavy atom. The molecule has 0 saturated carbocycles. The quantitative estimate of drug-likeness (QED) is 0.129. The predicted octanol–water partition coefficient (Wildman–Crippen LogP) is -8.63. The van der Waals surface area contributed by atoms with E-state index >= 15 is 0 Å². The highest BCUT2D eigenvalue weighted by Crippen LogP contribution is 2.46. The summed E-state index contributed by atoms with van der Waals surface area (Å²) in [7, 11) is -5.24. The number of rotatable bonds is 7. The minimum Gasteiger partial charge on any atom is -0.394 e. The molecule has 0 aromatic carbocycles. The Morgan fingerprint density at radius 2 is 1.28 bits per heavy atom. The first kappa shape index (κ1) is 31.2. The van der Waals surface area contributed by atoms with Gasteiger partial charge in [0.15, 0.2) is 18.7 Å². The highest BCUT2D eigenvalue weighted by Gasteiger charge is 2.71. The topological polar surface area (TPSA) is 321 Å². The summed E-state index contributed by atoms with van der Waals surface area (Å²) in [4.78, 5) is 0. The van der Waals surface area contributed by atoms with Crippen molar-refractivity contribution in [2.45, 2.75) is 91.5 Å². The van der Waals surface area contributed by atoms with Crippen molar-refractivity contribution >= 4 is 10.4 Å². The van der Waals surface area contributed by atoms with Crippen molar-refractivity contribution in [2.75, 3.05) is 19.8 Å². The van der Waals surface area contributed by atoms with E-state index in [-0.39, 0.29) is 0 Å². The van der Waals surface area contributed by atoms with Crippen molar-refractivity contribution in [3.8, 4) is 0 Å². The fourth-order valence-corrected chi connectivity index (χ4v) is 5.65. The summed E-state index contributed by atoms with van der Waals surface area (Å²) in [6, 6.07) is 0. The van der Waals surface area contributed by atoms with Gasteiger partial charge in [-0.1, -0.05) is 0 Å². The van der Waals surface area contributed by atoms with E-state index in [1.807, 2.05) is 0 Å². The lowest BCUT2D eigenvalue weighted by atomic mass is 9.94. The molecule has 0 aromatic heterocycles. The van der Waals surface area contributed by atoms with Gasteiger partial charge in [-0.25, -0.2) is 4.18 Å². The van der Waals surface area contributed by atoms with Crippen LogP contribution in [0.1, 0.15) is 0 Å². The van der Waals surface area contributed by atoms with Gasteiger partial charge in [0, 0.05) is 0 Å². The molecule has 2 unspecified atom stereocenters. The zero-order valence-corrected chi connectivity index (χ0v) is 20.4. The lowest BCUT2D eigenvalue weighted by Crippen LogP contribution is -2.78. The molecular formula is C18H30O20S. The molecule has 4 heterocycles. The molecular weight excluding hydrogens is 568 g/mol. The predicted molar refractivity (Wildman–Crippen MR) is 110 cm³/mol. The molecule has 4 aliphatic heterocycles. The molecule has 0 spiro atoms. The summed E-state index contributed by atoms with van der Waals surface area (Å²) in [6.07, 6.45) is -26.3. The molecule has 228 valence electrons. The molecule has 4 rings (SSSR count). The lowest BCUT2D eigenvalue weighted by Gasteiger charge is -2.55. The van der Waals surface area contributed by atoms with Crippen LogP contribution < -0.4 is 0 Å². The lowest BCUT2D eigenvalue weighted by molar-refractivity contribution is -0.521. The maximum atomic E-state index is 12.3. The van der Waals surface area contributed by atoms with Gasteiger partial charge in [-0.3, -0.25) is 4.74 Å². The van der Waals surface area contributed by atoms with Crippen molar-refractivity contribution in [1.29, 1.82) is 0 Å². The van der Waals surface area contributed by atoms with E-state index in [0.717, 1.165) is 0 Å². The highest BCUT2D eigenvalue weighted by molar-refractivity contribution is 7.82. The Balaban J connectivity index is 1.59. The first-order chi connectivity index (χ1) is 18.2. The van der Waals surface area contributed by atoms with Crippen molar-refractivity contribution < 1.29 is 96.6 Å². The number of hydrogen-bond donors (Lipinski definition) is 11. The average Bonchev–Trinajstić information content (AvgIpc) is 2.89.